The third-order valence-electron chi connectivity index (χ3n) is 2.43. The molecule has 0 bridgehead atoms. The van der Waals surface area contributed by atoms with Gasteiger partial charge < -0.3 is 10.4 Å². The molecule has 0 amide bonds. The molecule has 0 aliphatic carbocycles. The van der Waals surface area contributed by atoms with Crippen molar-refractivity contribution < 1.29 is 9.90 Å². The lowest BCUT2D eigenvalue weighted by molar-refractivity contribution is -0.141. The number of nitrogens with one attached hydrogen (secondary N) is 1. The van der Waals surface area contributed by atoms with Gasteiger partial charge in [-0.15, -0.1) is 0 Å². The number of piperazine rings is 1. The Morgan fingerprint density at radius 1 is 1.86 bits per heavy atom. The highest BCUT2D eigenvalue weighted by Crippen LogP contribution is 2.06. The van der Waals surface area contributed by atoms with Crippen LogP contribution in [0.1, 0.15) is 6.92 Å². The summed E-state index contributed by atoms with van der Waals surface area (Å²) in [5.74, 6) is -1.22. The molecule has 1 rings (SSSR count). The molecule has 0 spiro atoms. The third kappa shape index (κ3) is 2.69. The van der Waals surface area contributed by atoms with Crippen molar-refractivity contribution in [3.63, 3.8) is 0 Å². The minimum atomic E-state index is -0.805. The number of aliphatic carboxylic acids is 1. The molecule has 2 N–H and O–H groups in total. The van der Waals surface area contributed by atoms with Crippen molar-refractivity contribution in [3.8, 4) is 6.07 Å². The maximum absolute atomic E-state index is 10.6. The van der Waals surface area contributed by atoms with E-state index in [4.69, 9.17) is 10.4 Å². The van der Waals surface area contributed by atoms with E-state index in [1.165, 1.54) is 0 Å². The van der Waals surface area contributed by atoms with Gasteiger partial charge >= 0.3 is 5.97 Å². The van der Waals surface area contributed by atoms with E-state index in [-0.39, 0.29) is 6.04 Å². The van der Waals surface area contributed by atoms with Crippen LogP contribution >= 0.6 is 0 Å². The summed E-state index contributed by atoms with van der Waals surface area (Å²) in [6.07, 6.45) is 0. The SMILES string of the molecule is CC(CN1CCNCC1C#N)C(=O)O. The van der Waals surface area contributed by atoms with E-state index in [1.54, 1.807) is 6.92 Å². The summed E-state index contributed by atoms with van der Waals surface area (Å²) in [4.78, 5) is 12.6. The average Bonchev–Trinajstić information content (AvgIpc) is 2.18. The molecule has 5 nitrogen and oxygen atoms in total. The first-order valence-corrected chi connectivity index (χ1v) is 4.72. The van der Waals surface area contributed by atoms with Crippen LogP contribution in [0.2, 0.25) is 0 Å². The Balaban J connectivity index is 2.49. The van der Waals surface area contributed by atoms with Gasteiger partial charge in [0.25, 0.3) is 0 Å². The van der Waals surface area contributed by atoms with E-state index >= 15 is 0 Å². The topological polar surface area (TPSA) is 76.4 Å². The molecule has 5 heteroatoms. The molecular weight excluding hydrogens is 182 g/mol. The van der Waals surface area contributed by atoms with Crippen molar-refractivity contribution in [2.75, 3.05) is 26.2 Å². The van der Waals surface area contributed by atoms with Crippen LogP contribution in [-0.2, 0) is 4.79 Å². The summed E-state index contributed by atoms with van der Waals surface area (Å²) < 4.78 is 0. The van der Waals surface area contributed by atoms with Crippen LogP contribution in [0.25, 0.3) is 0 Å². The summed E-state index contributed by atoms with van der Waals surface area (Å²) >= 11 is 0. The summed E-state index contributed by atoms with van der Waals surface area (Å²) in [6.45, 7) is 4.32. The molecule has 78 valence electrons. The van der Waals surface area contributed by atoms with E-state index in [0.29, 0.717) is 13.1 Å². The van der Waals surface area contributed by atoms with Crippen molar-refractivity contribution >= 4 is 5.97 Å². The molecule has 1 saturated heterocycles. The predicted molar refractivity (Wildman–Crippen MR) is 50.6 cm³/mol. The van der Waals surface area contributed by atoms with Gasteiger partial charge in [0.1, 0.15) is 6.04 Å². The number of hydrogen-bond donors (Lipinski definition) is 2. The zero-order valence-corrected chi connectivity index (χ0v) is 8.23. The second-order valence-corrected chi connectivity index (χ2v) is 3.58. The van der Waals surface area contributed by atoms with Crippen LogP contribution in [0, 0.1) is 17.2 Å². The molecule has 0 aromatic heterocycles. The van der Waals surface area contributed by atoms with Crippen molar-refractivity contribution in [3.05, 3.63) is 0 Å². The number of nitrogens with zero attached hydrogens (tertiary/aromatic N) is 2. The molecule has 1 aliphatic rings. The highest BCUT2D eigenvalue weighted by molar-refractivity contribution is 5.69. The largest absolute Gasteiger partial charge is 0.481 e. The van der Waals surface area contributed by atoms with Gasteiger partial charge in [0.2, 0.25) is 0 Å². The van der Waals surface area contributed by atoms with Gasteiger partial charge in [0.05, 0.1) is 12.0 Å². The average molecular weight is 197 g/mol. The minimum absolute atomic E-state index is 0.189. The molecular formula is C9H15N3O2. The first-order valence-electron chi connectivity index (χ1n) is 4.72. The summed E-state index contributed by atoms with van der Waals surface area (Å²) in [5, 5.41) is 20.7. The normalized spacial score (nSPS) is 25.3. The van der Waals surface area contributed by atoms with Crippen molar-refractivity contribution in [1.29, 1.82) is 5.26 Å². The van der Waals surface area contributed by atoms with Crippen LogP contribution in [0.15, 0.2) is 0 Å². The Bertz CT molecular complexity index is 249. The third-order valence-corrected chi connectivity index (χ3v) is 2.43. The predicted octanol–water partition coefficient (Wildman–Crippen LogP) is -0.496. The zero-order valence-electron chi connectivity index (χ0n) is 8.23. The molecule has 2 atom stereocenters. The lowest BCUT2D eigenvalue weighted by atomic mass is 10.1. The second kappa shape index (κ2) is 4.94. The minimum Gasteiger partial charge on any atom is -0.481 e. The van der Waals surface area contributed by atoms with Gasteiger partial charge in [-0.05, 0) is 0 Å². The monoisotopic (exact) mass is 197 g/mol. The van der Waals surface area contributed by atoms with Crippen molar-refractivity contribution in [1.82, 2.24) is 10.2 Å². The standard InChI is InChI=1S/C9H15N3O2/c1-7(9(13)14)6-12-3-2-11-5-8(12)4-10/h7-8,11H,2-3,5-6H2,1H3,(H,13,14). The summed E-state index contributed by atoms with van der Waals surface area (Å²) in [5.41, 5.74) is 0. The van der Waals surface area contributed by atoms with Crippen LogP contribution in [0.4, 0.5) is 0 Å². The lowest BCUT2D eigenvalue weighted by Crippen LogP contribution is -2.52. The zero-order chi connectivity index (χ0) is 10.6. The fourth-order valence-electron chi connectivity index (χ4n) is 1.52. The maximum Gasteiger partial charge on any atom is 0.307 e. The van der Waals surface area contributed by atoms with Gasteiger partial charge in [-0.3, -0.25) is 9.69 Å². The molecule has 0 saturated carbocycles. The number of hydrogen-bond acceptors (Lipinski definition) is 4. The van der Waals surface area contributed by atoms with Crippen LogP contribution in [-0.4, -0.2) is 48.2 Å². The van der Waals surface area contributed by atoms with E-state index < -0.39 is 11.9 Å². The van der Waals surface area contributed by atoms with Crippen LogP contribution in [0.3, 0.4) is 0 Å². The van der Waals surface area contributed by atoms with Crippen molar-refractivity contribution in [2.24, 2.45) is 5.92 Å². The van der Waals surface area contributed by atoms with Gasteiger partial charge in [-0.2, -0.15) is 5.26 Å². The van der Waals surface area contributed by atoms with Crippen LogP contribution in [0.5, 0.6) is 0 Å². The highest BCUT2D eigenvalue weighted by atomic mass is 16.4. The smallest absolute Gasteiger partial charge is 0.307 e. The molecule has 1 heterocycles. The molecule has 1 aliphatic heterocycles. The molecule has 14 heavy (non-hydrogen) atoms. The molecule has 1 fully saturated rings. The Morgan fingerprint density at radius 2 is 2.57 bits per heavy atom. The molecule has 0 radical (unpaired) electrons. The van der Waals surface area contributed by atoms with Crippen LogP contribution < -0.4 is 5.32 Å². The van der Waals surface area contributed by atoms with Gasteiger partial charge in [-0.25, -0.2) is 0 Å². The van der Waals surface area contributed by atoms with E-state index in [1.807, 2.05) is 4.90 Å². The summed E-state index contributed by atoms with van der Waals surface area (Å²) in [6, 6.07) is 1.98. The van der Waals surface area contributed by atoms with E-state index in [0.717, 1.165) is 13.1 Å². The first-order chi connectivity index (χ1) is 6.65. The van der Waals surface area contributed by atoms with E-state index in [9.17, 15) is 4.79 Å². The Morgan fingerprint density at radius 3 is 3.14 bits per heavy atom. The maximum atomic E-state index is 10.6. The van der Waals surface area contributed by atoms with Crippen molar-refractivity contribution in [2.45, 2.75) is 13.0 Å². The lowest BCUT2D eigenvalue weighted by Gasteiger charge is -2.32. The van der Waals surface area contributed by atoms with Gasteiger partial charge in [0.15, 0.2) is 0 Å². The van der Waals surface area contributed by atoms with Gasteiger partial charge in [0, 0.05) is 26.2 Å². The fraction of sp³-hybridized carbons (Fsp3) is 0.778. The quantitative estimate of drug-likeness (QED) is 0.638. The number of carboxylic acids is 1. The Labute approximate surface area is 83.3 Å². The Hall–Kier alpha value is -1.12. The second-order valence-electron chi connectivity index (χ2n) is 3.58. The highest BCUT2D eigenvalue weighted by Gasteiger charge is 2.25. The number of carboxylic acid groups (broad SMARTS) is 1. The summed E-state index contributed by atoms with van der Waals surface area (Å²) in [7, 11) is 0. The number of rotatable bonds is 3. The number of nitriles is 1. The number of carbonyl (C=O) groups is 1. The fourth-order valence-corrected chi connectivity index (χ4v) is 1.52. The van der Waals surface area contributed by atoms with Gasteiger partial charge in [-0.1, -0.05) is 6.92 Å². The molecule has 2 unspecified atom stereocenters. The first kappa shape index (κ1) is 11.0. The molecule has 0 aromatic carbocycles. The van der Waals surface area contributed by atoms with E-state index in [2.05, 4.69) is 11.4 Å². The molecule has 0 aromatic rings. The Kier molecular flexibility index (Phi) is 3.86.